The second-order valence-corrected chi connectivity index (χ2v) is 7.88. The Kier molecular flexibility index (Phi) is 8.00. The van der Waals surface area contributed by atoms with Crippen molar-refractivity contribution in [2.45, 2.75) is 39.0 Å². The SMILES string of the molecule is CC[C@H](C)c1ccc(NC(=O)COC(=O)CCC(=O)c2ccc(Cl)s2)cc1. The molecule has 0 saturated carbocycles. The predicted octanol–water partition coefficient (Wildman–Crippen LogP) is 5.06. The van der Waals surface area contributed by atoms with E-state index in [1.165, 1.54) is 16.9 Å². The van der Waals surface area contributed by atoms with Crippen molar-refractivity contribution in [1.82, 2.24) is 0 Å². The molecule has 2 rings (SSSR count). The van der Waals surface area contributed by atoms with Gasteiger partial charge in [0.2, 0.25) is 0 Å². The van der Waals surface area contributed by atoms with Crippen LogP contribution in [0.5, 0.6) is 0 Å². The number of carbonyl (C=O) groups is 3. The van der Waals surface area contributed by atoms with E-state index < -0.39 is 11.9 Å². The lowest BCUT2D eigenvalue weighted by Gasteiger charge is -2.10. The fourth-order valence-corrected chi connectivity index (χ4v) is 3.36. The van der Waals surface area contributed by atoms with Crippen molar-refractivity contribution in [1.29, 1.82) is 0 Å². The van der Waals surface area contributed by atoms with Crippen LogP contribution < -0.4 is 5.32 Å². The number of anilines is 1. The molecule has 1 amide bonds. The normalized spacial score (nSPS) is 11.7. The molecule has 0 radical (unpaired) electrons. The number of ether oxygens (including phenoxy) is 1. The molecule has 1 N–H and O–H groups in total. The molecule has 7 heteroatoms. The molecule has 144 valence electrons. The van der Waals surface area contributed by atoms with Crippen LogP contribution in [0.4, 0.5) is 5.69 Å². The topological polar surface area (TPSA) is 72.5 Å². The Balaban J connectivity index is 1.71. The first kappa shape index (κ1) is 21.1. The third-order valence-electron chi connectivity index (χ3n) is 4.14. The quantitative estimate of drug-likeness (QED) is 0.465. The van der Waals surface area contributed by atoms with Gasteiger partial charge in [-0.25, -0.2) is 0 Å². The van der Waals surface area contributed by atoms with Crippen molar-refractivity contribution in [3.63, 3.8) is 0 Å². The number of hydrogen-bond acceptors (Lipinski definition) is 5. The molecule has 5 nitrogen and oxygen atoms in total. The van der Waals surface area contributed by atoms with Gasteiger partial charge in [0.1, 0.15) is 0 Å². The summed E-state index contributed by atoms with van der Waals surface area (Å²) >= 11 is 6.95. The lowest BCUT2D eigenvalue weighted by Crippen LogP contribution is -2.21. The molecule has 1 heterocycles. The monoisotopic (exact) mass is 407 g/mol. The molecule has 0 unspecified atom stereocenters. The van der Waals surface area contributed by atoms with E-state index in [4.69, 9.17) is 16.3 Å². The standard InChI is InChI=1S/C20H22ClNO4S/c1-3-13(2)14-4-6-15(7-5-14)22-19(24)12-26-20(25)11-8-16(23)17-9-10-18(21)27-17/h4-7,9-10,13H,3,8,11-12H2,1-2H3,(H,22,24)/t13-/m0/s1. The van der Waals surface area contributed by atoms with E-state index in [1.807, 2.05) is 24.3 Å². The first-order valence-electron chi connectivity index (χ1n) is 8.73. The zero-order chi connectivity index (χ0) is 19.8. The first-order valence-corrected chi connectivity index (χ1v) is 9.92. The summed E-state index contributed by atoms with van der Waals surface area (Å²) in [6, 6.07) is 10.9. The van der Waals surface area contributed by atoms with E-state index in [0.29, 0.717) is 20.8 Å². The van der Waals surface area contributed by atoms with Gasteiger partial charge in [-0.15, -0.1) is 11.3 Å². The van der Waals surface area contributed by atoms with Crippen LogP contribution in [0.25, 0.3) is 0 Å². The van der Waals surface area contributed by atoms with Crippen LogP contribution in [0.2, 0.25) is 4.34 Å². The summed E-state index contributed by atoms with van der Waals surface area (Å²) in [5.41, 5.74) is 1.85. The highest BCUT2D eigenvalue weighted by Crippen LogP contribution is 2.23. The third-order valence-corrected chi connectivity index (χ3v) is 5.42. The van der Waals surface area contributed by atoms with E-state index in [-0.39, 0.29) is 25.2 Å². The summed E-state index contributed by atoms with van der Waals surface area (Å²) in [4.78, 5) is 36.0. The van der Waals surface area contributed by atoms with E-state index in [2.05, 4.69) is 19.2 Å². The number of thiophene rings is 1. The van der Waals surface area contributed by atoms with Gasteiger partial charge < -0.3 is 10.1 Å². The van der Waals surface area contributed by atoms with Gasteiger partial charge in [-0.05, 0) is 42.2 Å². The maximum absolute atomic E-state index is 11.9. The van der Waals surface area contributed by atoms with Crippen LogP contribution >= 0.6 is 22.9 Å². The van der Waals surface area contributed by atoms with Gasteiger partial charge in [-0.3, -0.25) is 14.4 Å². The zero-order valence-electron chi connectivity index (χ0n) is 15.3. The summed E-state index contributed by atoms with van der Waals surface area (Å²) in [6.07, 6.45) is 0.989. The summed E-state index contributed by atoms with van der Waals surface area (Å²) in [7, 11) is 0. The molecular formula is C20H22ClNO4S. The van der Waals surface area contributed by atoms with Gasteiger partial charge in [0.25, 0.3) is 5.91 Å². The molecule has 0 aliphatic rings. The molecule has 0 spiro atoms. The number of esters is 1. The molecular weight excluding hydrogens is 386 g/mol. The highest BCUT2D eigenvalue weighted by atomic mass is 35.5. The van der Waals surface area contributed by atoms with Gasteiger partial charge in [-0.2, -0.15) is 0 Å². The van der Waals surface area contributed by atoms with Crippen molar-refractivity contribution in [2.24, 2.45) is 0 Å². The minimum atomic E-state index is -0.590. The van der Waals surface area contributed by atoms with Crippen LogP contribution in [0.1, 0.15) is 54.3 Å². The molecule has 0 bridgehead atoms. The summed E-state index contributed by atoms with van der Waals surface area (Å²) < 4.78 is 5.44. The van der Waals surface area contributed by atoms with Crippen molar-refractivity contribution >= 4 is 46.3 Å². The number of halogens is 1. The van der Waals surface area contributed by atoms with E-state index >= 15 is 0 Å². The minimum absolute atomic E-state index is 0.0222. The van der Waals surface area contributed by atoms with Gasteiger partial charge >= 0.3 is 5.97 Å². The van der Waals surface area contributed by atoms with E-state index in [0.717, 1.165) is 6.42 Å². The third kappa shape index (κ3) is 6.81. The Morgan fingerprint density at radius 3 is 2.41 bits per heavy atom. The molecule has 27 heavy (non-hydrogen) atoms. The Morgan fingerprint density at radius 2 is 1.81 bits per heavy atom. The smallest absolute Gasteiger partial charge is 0.306 e. The van der Waals surface area contributed by atoms with Crippen LogP contribution in [0, 0.1) is 0 Å². The number of nitrogens with one attached hydrogen (secondary N) is 1. The number of benzene rings is 1. The molecule has 1 aromatic heterocycles. The minimum Gasteiger partial charge on any atom is -0.456 e. The fraction of sp³-hybridized carbons (Fsp3) is 0.350. The summed E-state index contributed by atoms with van der Waals surface area (Å²) in [5, 5.41) is 2.68. The van der Waals surface area contributed by atoms with Crippen molar-refractivity contribution < 1.29 is 19.1 Å². The molecule has 2 aromatic rings. The van der Waals surface area contributed by atoms with Crippen molar-refractivity contribution in [3.05, 3.63) is 51.2 Å². The zero-order valence-corrected chi connectivity index (χ0v) is 16.9. The Hall–Kier alpha value is -2.18. The molecule has 1 atom stereocenters. The highest BCUT2D eigenvalue weighted by Gasteiger charge is 2.13. The Labute approximate surface area is 167 Å². The second kappa shape index (κ2) is 10.2. The van der Waals surface area contributed by atoms with E-state index in [9.17, 15) is 14.4 Å². The van der Waals surface area contributed by atoms with E-state index in [1.54, 1.807) is 12.1 Å². The first-order chi connectivity index (χ1) is 12.9. The van der Waals surface area contributed by atoms with Gasteiger partial charge in [-0.1, -0.05) is 37.6 Å². The lowest BCUT2D eigenvalue weighted by molar-refractivity contribution is -0.147. The number of ketones is 1. The van der Waals surface area contributed by atoms with Crippen LogP contribution in [-0.2, 0) is 14.3 Å². The van der Waals surface area contributed by atoms with Gasteiger partial charge in [0.05, 0.1) is 15.6 Å². The number of hydrogen-bond donors (Lipinski definition) is 1. The maximum atomic E-state index is 11.9. The molecule has 0 aliphatic heterocycles. The number of carbonyl (C=O) groups excluding carboxylic acids is 3. The van der Waals surface area contributed by atoms with Crippen molar-refractivity contribution in [2.75, 3.05) is 11.9 Å². The Bertz CT molecular complexity index is 801. The van der Waals surface area contributed by atoms with Gasteiger partial charge in [0, 0.05) is 12.1 Å². The van der Waals surface area contributed by atoms with Crippen LogP contribution in [0.15, 0.2) is 36.4 Å². The summed E-state index contributed by atoms with van der Waals surface area (Å²) in [5.74, 6) is -0.720. The molecule has 0 aliphatic carbocycles. The van der Waals surface area contributed by atoms with Crippen molar-refractivity contribution in [3.8, 4) is 0 Å². The predicted molar refractivity (Wildman–Crippen MR) is 108 cm³/mol. The molecule has 1 aromatic carbocycles. The average Bonchev–Trinajstić information content (AvgIpc) is 3.11. The highest BCUT2D eigenvalue weighted by molar-refractivity contribution is 7.18. The second-order valence-electron chi connectivity index (χ2n) is 6.17. The summed E-state index contributed by atoms with van der Waals surface area (Å²) in [6.45, 7) is 3.88. The molecule has 0 fully saturated rings. The Morgan fingerprint density at radius 1 is 1.11 bits per heavy atom. The number of rotatable bonds is 9. The fourth-order valence-electron chi connectivity index (χ4n) is 2.35. The number of amides is 1. The number of Topliss-reactive ketones (excluding diaryl/α,β-unsaturated/α-hetero) is 1. The lowest BCUT2D eigenvalue weighted by atomic mass is 9.99. The maximum Gasteiger partial charge on any atom is 0.306 e. The average molecular weight is 408 g/mol. The molecule has 0 saturated heterocycles. The van der Waals surface area contributed by atoms with Crippen LogP contribution in [0.3, 0.4) is 0 Å². The van der Waals surface area contributed by atoms with Gasteiger partial charge in [0.15, 0.2) is 12.4 Å². The largest absolute Gasteiger partial charge is 0.456 e. The van der Waals surface area contributed by atoms with Crippen LogP contribution in [-0.4, -0.2) is 24.3 Å².